The zero-order valence-corrected chi connectivity index (χ0v) is 10.5. The second-order valence-electron chi connectivity index (χ2n) is 3.22. The Hall–Kier alpha value is 0.0169. The van der Waals surface area contributed by atoms with Crippen molar-refractivity contribution in [3.63, 3.8) is 0 Å². The van der Waals surface area contributed by atoms with E-state index in [4.69, 9.17) is 20.3 Å². The van der Waals surface area contributed by atoms with Crippen molar-refractivity contribution in [2.75, 3.05) is 40.4 Å². The highest BCUT2D eigenvalue weighted by Gasteiger charge is 2.36. The highest BCUT2D eigenvalue weighted by molar-refractivity contribution is 6.62. The van der Waals surface area contributed by atoms with Gasteiger partial charge in [-0.1, -0.05) is 0 Å². The maximum absolute atomic E-state index is 5.55. The van der Waals surface area contributed by atoms with Crippen LogP contribution in [0.1, 0.15) is 6.42 Å². The van der Waals surface area contributed by atoms with Crippen LogP contribution >= 0.6 is 0 Å². The van der Waals surface area contributed by atoms with Crippen molar-refractivity contribution in [2.24, 2.45) is 11.5 Å². The van der Waals surface area contributed by atoms with E-state index >= 15 is 0 Å². The van der Waals surface area contributed by atoms with Gasteiger partial charge in [-0.05, 0) is 26.1 Å². The molecule has 5 nitrogen and oxygen atoms in total. The molecule has 0 saturated carbocycles. The molecular weight excluding hydrogens is 198 g/mol. The lowest BCUT2D eigenvalue weighted by atomic mass is 10.4. The Balaban J connectivity index is 4.27. The zero-order valence-electron chi connectivity index (χ0n) is 9.45. The van der Waals surface area contributed by atoms with E-state index < -0.39 is 8.72 Å². The van der Waals surface area contributed by atoms with Gasteiger partial charge in [0.2, 0.25) is 0 Å². The van der Waals surface area contributed by atoms with E-state index in [-0.39, 0.29) is 0 Å². The predicted octanol–water partition coefficient (Wildman–Crippen LogP) is -0.543. The largest absolute Gasteiger partial charge is 0.424 e. The molecule has 0 rings (SSSR count). The van der Waals surface area contributed by atoms with E-state index in [1.165, 1.54) is 0 Å². The molecular formula is C8H23N3O2Si. The summed E-state index contributed by atoms with van der Waals surface area (Å²) in [6.45, 7) is 4.99. The predicted molar refractivity (Wildman–Crippen MR) is 59.9 cm³/mol. The normalized spacial score (nSPS) is 12.4. The topological polar surface area (TPSA) is 73.7 Å². The van der Waals surface area contributed by atoms with Crippen LogP contribution in [0.15, 0.2) is 0 Å². The van der Waals surface area contributed by atoms with Crippen LogP contribution in [0.2, 0.25) is 6.55 Å². The Labute approximate surface area is 87.7 Å². The molecule has 0 spiro atoms. The van der Waals surface area contributed by atoms with Gasteiger partial charge in [-0.2, -0.15) is 0 Å². The summed E-state index contributed by atoms with van der Waals surface area (Å²) in [5, 5.41) is 0. The first-order valence-corrected chi connectivity index (χ1v) is 7.16. The second kappa shape index (κ2) is 7.33. The molecule has 0 fully saturated rings. The van der Waals surface area contributed by atoms with Crippen LogP contribution in [0.5, 0.6) is 0 Å². The van der Waals surface area contributed by atoms with Crippen molar-refractivity contribution in [2.45, 2.75) is 13.0 Å². The van der Waals surface area contributed by atoms with Crippen molar-refractivity contribution >= 4 is 8.72 Å². The van der Waals surface area contributed by atoms with E-state index in [9.17, 15) is 0 Å². The molecule has 0 aliphatic heterocycles. The fourth-order valence-electron chi connectivity index (χ4n) is 1.30. The van der Waals surface area contributed by atoms with Crippen LogP contribution < -0.4 is 11.5 Å². The molecule has 14 heavy (non-hydrogen) atoms. The SMILES string of the molecule is CO[Si](C)(OC)N(CCN)CCCN. The van der Waals surface area contributed by atoms with Gasteiger partial charge in [0, 0.05) is 27.3 Å². The van der Waals surface area contributed by atoms with Gasteiger partial charge in [0.05, 0.1) is 0 Å². The van der Waals surface area contributed by atoms with Crippen LogP contribution in [0.3, 0.4) is 0 Å². The minimum atomic E-state index is -2.19. The van der Waals surface area contributed by atoms with Gasteiger partial charge in [0.25, 0.3) is 0 Å². The highest BCUT2D eigenvalue weighted by atomic mass is 28.4. The van der Waals surface area contributed by atoms with Gasteiger partial charge in [-0.15, -0.1) is 0 Å². The molecule has 0 aliphatic carbocycles. The quantitative estimate of drug-likeness (QED) is 0.538. The fourth-order valence-corrected chi connectivity index (χ4v) is 3.08. The molecule has 0 aromatic heterocycles. The van der Waals surface area contributed by atoms with Gasteiger partial charge >= 0.3 is 8.72 Å². The first-order chi connectivity index (χ1) is 6.64. The summed E-state index contributed by atoms with van der Waals surface area (Å²) in [4.78, 5) is 0. The maximum Gasteiger partial charge on any atom is 0.424 e. The third-order valence-electron chi connectivity index (χ3n) is 2.36. The van der Waals surface area contributed by atoms with E-state index in [2.05, 4.69) is 4.57 Å². The minimum Gasteiger partial charge on any atom is -0.386 e. The smallest absolute Gasteiger partial charge is 0.386 e. The summed E-state index contributed by atoms with van der Waals surface area (Å²) < 4.78 is 13.1. The molecule has 0 radical (unpaired) electrons. The molecule has 4 N–H and O–H groups in total. The molecule has 0 saturated heterocycles. The number of nitrogens with two attached hydrogens (primary N) is 2. The van der Waals surface area contributed by atoms with Gasteiger partial charge in [0.15, 0.2) is 0 Å². The van der Waals surface area contributed by atoms with E-state index in [0.29, 0.717) is 13.1 Å². The van der Waals surface area contributed by atoms with Gasteiger partial charge in [-0.25, -0.2) is 0 Å². The molecule has 0 amide bonds. The third-order valence-corrected chi connectivity index (χ3v) is 5.47. The Bertz CT molecular complexity index is 145. The van der Waals surface area contributed by atoms with Crippen molar-refractivity contribution in [1.82, 2.24) is 4.57 Å². The van der Waals surface area contributed by atoms with Crippen molar-refractivity contribution < 1.29 is 8.85 Å². The summed E-state index contributed by atoms with van der Waals surface area (Å²) >= 11 is 0. The van der Waals surface area contributed by atoms with E-state index in [1.54, 1.807) is 14.2 Å². The average molecular weight is 221 g/mol. The lowest BCUT2D eigenvalue weighted by molar-refractivity contribution is 0.170. The van der Waals surface area contributed by atoms with Crippen LogP contribution in [0.25, 0.3) is 0 Å². The summed E-state index contributed by atoms with van der Waals surface area (Å²) in [7, 11) is 1.18. The highest BCUT2D eigenvalue weighted by Crippen LogP contribution is 2.11. The molecule has 0 aromatic rings. The summed E-state index contributed by atoms with van der Waals surface area (Å²) in [6.07, 6.45) is 0.940. The Morgan fingerprint density at radius 1 is 1.07 bits per heavy atom. The number of rotatable bonds is 8. The number of hydrogen-bond donors (Lipinski definition) is 2. The van der Waals surface area contributed by atoms with Crippen molar-refractivity contribution in [3.05, 3.63) is 0 Å². The van der Waals surface area contributed by atoms with Crippen LogP contribution in [0.4, 0.5) is 0 Å². The Kier molecular flexibility index (Phi) is 7.34. The molecule has 6 heteroatoms. The molecule has 0 unspecified atom stereocenters. The second-order valence-corrected chi connectivity index (χ2v) is 6.47. The zero-order chi connectivity index (χ0) is 11.0. The Morgan fingerprint density at radius 3 is 2.00 bits per heavy atom. The van der Waals surface area contributed by atoms with E-state index in [0.717, 1.165) is 19.5 Å². The standard InChI is InChI=1S/C8H23N3O2Si/c1-12-14(3,13-2)11(8-6-10)7-4-5-9/h4-10H2,1-3H3. The first kappa shape index (κ1) is 14.0. The van der Waals surface area contributed by atoms with Crippen molar-refractivity contribution in [3.8, 4) is 0 Å². The molecule has 0 aliphatic rings. The molecule has 0 atom stereocenters. The lowest BCUT2D eigenvalue weighted by Crippen LogP contribution is -2.57. The van der Waals surface area contributed by atoms with Crippen LogP contribution in [-0.4, -0.2) is 53.7 Å². The third kappa shape index (κ3) is 4.03. The number of nitrogens with zero attached hydrogens (tertiary/aromatic N) is 1. The van der Waals surface area contributed by atoms with Crippen LogP contribution in [-0.2, 0) is 8.85 Å². The van der Waals surface area contributed by atoms with Gasteiger partial charge in [-0.3, -0.25) is 4.57 Å². The van der Waals surface area contributed by atoms with Gasteiger partial charge in [0.1, 0.15) is 0 Å². The number of hydrogen-bond acceptors (Lipinski definition) is 5. The lowest BCUT2D eigenvalue weighted by Gasteiger charge is -2.35. The molecule has 0 heterocycles. The Morgan fingerprint density at radius 2 is 1.64 bits per heavy atom. The van der Waals surface area contributed by atoms with Gasteiger partial charge < -0.3 is 20.3 Å². The molecule has 0 aromatic carbocycles. The summed E-state index contributed by atoms with van der Waals surface area (Å²) in [5.74, 6) is 0. The fraction of sp³-hybridized carbons (Fsp3) is 1.00. The minimum absolute atomic E-state index is 0.611. The van der Waals surface area contributed by atoms with E-state index in [1.807, 2.05) is 6.55 Å². The first-order valence-electron chi connectivity index (χ1n) is 4.90. The van der Waals surface area contributed by atoms with Crippen LogP contribution in [0, 0.1) is 0 Å². The summed E-state index contributed by atoms with van der Waals surface area (Å²) in [5.41, 5.74) is 11.0. The summed E-state index contributed by atoms with van der Waals surface area (Å²) in [6, 6.07) is 0. The molecule has 86 valence electrons. The maximum atomic E-state index is 5.55. The average Bonchev–Trinajstić information content (AvgIpc) is 2.23. The van der Waals surface area contributed by atoms with Crippen molar-refractivity contribution in [1.29, 1.82) is 0 Å². The monoisotopic (exact) mass is 221 g/mol. The molecule has 0 bridgehead atoms.